The fraction of sp³-hybridized carbons (Fsp3) is 0.455. The monoisotopic (exact) mass is 333 g/mol. The molecule has 118 valence electrons. The van der Waals surface area contributed by atoms with Gasteiger partial charge in [0.05, 0.1) is 30.7 Å². The van der Waals surface area contributed by atoms with Crippen molar-refractivity contribution in [2.45, 2.75) is 25.1 Å². The molecule has 0 aliphatic heterocycles. The van der Waals surface area contributed by atoms with Crippen LogP contribution in [0.15, 0.2) is 6.20 Å². The first-order chi connectivity index (χ1) is 9.69. The molecule has 10 heteroatoms. The lowest BCUT2D eigenvalue weighted by Gasteiger charge is -2.18. The normalized spacial score (nSPS) is 11.6. The Morgan fingerprint density at radius 3 is 2.48 bits per heavy atom. The molecule has 1 aromatic rings. The minimum absolute atomic E-state index is 0.459. The molecule has 0 amide bonds. The van der Waals surface area contributed by atoms with Crippen LogP contribution in [0.2, 0.25) is 0 Å². The van der Waals surface area contributed by atoms with E-state index in [2.05, 4.69) is 14.5 Å². The van der Waals surface area contributed by atoms with Crippen LogP contribution in [0.1, 0.15) is 23.2 Å². The summed E-state index contributed by atoms with van der Waals surface area (Å²) in [6, 6.07) is 0. The van der Waals surface area contributed by atoms with Gasteiger partial charge in [0, 0.05) is 11.8 Å². The molecular weight excluding hydrogens is 325 g/mol. The molecular formula is C11H9ClF5NO3. The van der Waals surface area contributed by atoms with Crippen LogP contribution in [0, 0.1) is 0 Å². The summed E-state index contributed by atoms with van der Waals surface area (Å²) in [5.74, 6) is -2.64. The molecule has 0 fully saturated rings. The quantitative estimate of drug-likeness (QED) is 0.471. The molecule has 0 saturated heterocycles. The highest BCUT2D eigenvalue weighted by Gasteiger charge is 2.36. The Bertz CT molecular complexity index is 521. The number of ether oxygens (including phenoxy) is 2. The largest absolute Gasteiger partial charge is 0.573 e. The van der Waals surface area contributed by atoms with E-state index < -0.39 is 53.6 Å². The smallest absolute Gasteiger partial charge is 0.469 e. The van der Waals surface area contributed by atoms with Crippen LogP contribution in [-0.4, -0.2) is 24.4 Å². The first kappa shape index (κ1) is 17.4. The standard InChI is InChI=1S/C11H9ClF5NO3/c1-20-7(19)2-5-4-18-6(3-12)8(10(13)14)9(5)21-11(15,16)17/h4,10H,2-3H2,1H3. The van der Waals surface area contributed by atoms with E-state index in [9.17, 15) is 26.7 Å². The number of carbonyl (C=O) groups is 1. The van der Waals surface area contributed by atoms with Crippen molar-refractivity contribution in [3.8, 4) is 5.75 Å². The molecule has 0 saturated carbocycles. The number of pyridine rings is 1. The molecule has 21 heavy (non-hydrogen) atoms. The van der Waals surface area contributed by atoms with Crippen LogP contribution in [0.5, 0.6) is 5.75 Å². The number of hydrogen-bond donors (Lipinski definition) is 0. The maximum atomic E-state index is 13.0. The summed E-state index contributed by atoms with van der Waals surface area (Å²) in [4.78, 5) is 14.7. The minimum Gasteiger partial charge on any atom is -0.469 e. The van der Waals surface area contributed by atoms with Gasteiger partial charge in [-0.25, -0.2) is 8.78 Å². The Kier molecular flexibility index (Phi) is 5.70. The topological polar surface area (TPSA) is 48.4 Å². The Labute approximate surface area is 120 Å². The number of halogens is 6. The molecule has 0 spiro atoms. The Balaban J connectivity index is 3.42. The van der Waals surface area contributed by atoms with Crippen molar-refractivity contribution in [1.29, 1.82) is 0 Å². The van der Waals surface area contributed by atoms with E-state index in [0.717, 1.165) is 13.3 Å². The number of alkyl halides is 6. The van der Waals surface area contributed by atoms with Gasteiger partial charge >= 0.3 is 12.3 Å². The second-order valence-electron chi connectivity index (χ2n) is 3.71. The number of carbonyl (C=O) groups excluding carboxylic acids is 1. The molecule has 0 unspecified atom stereocenters. The van der Waals surface area contributed by atoms with Crippen molar-refractivity contribution in [3.05, 3.63) is 23.0 Å². The zero-order chi connectivity index (χ0) is 16.2. The first-order valence-corrected chi connectivity index (χ1v) is 5.90. The van der Waals surface area contributed by atoms with Gasteiger partial charge in [0.1, 0.15) is 5.75 Å². The molecule has 0 aliphatic carbocycles. The van der Waals surface area contributed by atoms with Crippen LogP contribution >= 0.6 is 11.6 Å². The molecule has 0 bridgehead atoms. The first-order valence-electron chi connectivity index (χ1n) is 5.37. The fourth-order valence-corrected chi connectivity index (χ4v) is 1.72. The van der Waals surface area contributed by atoms with Crippen molar-refractivity contribution < 1.29 is 36.2 Å². The number of nitrogens with zero attached hydrogens (tertiary/aromatic N) is 1. The molecule has 0 aromatic carbocycles. The van der Waals surface area contributed by atoms with E-state index in [1.165, 1.54) is 0 Å². The van der Waals surface area contributed by atoms with Crippen molar-refractivity contribution in [2.75, 3.05) is 7.11 Å². The fourth-order valence-electron chi connectivity index (χ4n) is 1.51. The zero-order valence-electron chi connectivity index (χ0n) is 10.5. The Morgan fingerprint density at radius 2 is 2.05 bits per heavy atom. The van der Waals surface area contributed by atoms with Crippen LogP contribution in [0.3, 0.4) is 0 Å². The number of esters is 1. The molecule has 4 nitrogen and oxygen atoms in total. The van der Waals surface area contributed by atoms with E-state index in [4.69, 9.17) is 11.6 Å². The predicted molar refractivity (Wildman–Crippen MR) is 61.2 cm³/mol. The highest BCUT2D eigenvalue weighted by atomic mass is 35.5. The van der Waals surface area contributed by atoms with E-state index in [1.54, 1.807) is 0 Å². The molecule has 0 atom stereocenters. The summed E-state index contributed by atoms with van der Waals surface area (Å²) in [6.45, 7) is 0. The lowest BCUT2D eigenvalue weighted by atomic mass is 10.1. The second-order valence-corrected chi connectivity index (χ2v) is 3.98. The lowest BCUT2D eigenvalue weighted by Crippen LogP contribution is -2.21. The molecule has 1 heterocycles. The number of aromatic nitrogens is 1. The average molecular weight is 334 g/mol. The summed E-state index contributed by atoms with van der Waals surface area (Å²) >= 11 is 5.38. The van der Waals surface area contributed by atoms with Crippen LogP contribution in [0.4, 0.5) is 22.0 Å². The van der Waals surface area contributed by atoms with E-state index in [1.807, 2.05) is 0 Å². The summed E-state index contributed by atoms with van der Waals surface area (Å²) in [5.41, 5.74) is -2.02. The summed E-state index contributed by atoms with van der Waals surface area (Å²) in [6.07, 6.45) is -8.39. The van der Waals surface area contributed by atoms with Gasteiger partial charge in [-0.1, -0.05) is 0 Å². The zero-order valence-corrected chi connectivity index (χ0v) is 11.3. The number of methoxy groups -OCH3 is 1. The summed E-state index contributed by atoms with van der Waals surface area (Å²) in [7, 11) is 1.00. The third kappa shape index (κ3) is 4.69. The van der Waals surface area contributed by atoms with Crippen LogP contribution < -0.4 is 4.74 Å². The van der Waals surface area contributed by atoms with Crippen molar-refractivity contribution in [1.82, 2.24) is 4.98 Å². The maximum absolute atomic E-state index is 13.0. The van der Waals surface area contributed by atoms with Crippen molar-refractivity contribution in [3.63, 3.8) is 0 Å². The van der Waals surface area contributed by atoms with Crippen LogP contribution in [-0.2, 0) is 21.8 Å². The number of hydrogen-bond acceptors (Lipinski definition) is 4. The van der Waals surface area contributed by atoms with E-state index in [-0.39, 0.29) is 0 Å². The van der Waals surface area contributed by atoms with Gasteiger partial charge in [0.15, 0.2) is 0 Å². The minimum atomic E-state index is -5.21. The Morgan fingerprint density at radius 1 is 1.43 bits per heavy atom. The molecule has 0 N–H and O–H groups in total. The van der Waals surface area contributed by atoms with Gasteiger partial charge in [-0.15, -0.1) is 24.8 Å². The lowest BCUT2D eigenvalue weighted by molar-refractivity contribution is -0.275. The van der Waals surface area contributed by atoms with Gasteiger partial charge in [-0.3, -0.25) is 9.78 Å². The molecule has 1 rings (SSSR count). The van der Waals surface area contributed by atoms with E-state index >= 15 is 0 Å². The summed E-state index contributed by atoms with van der Waals surface area (Å²) in [5, 5.41) is 0. The SMILES string of the molecule is COC(=O)Cc1cnc(CCl)c(C(F)F)c1OC(F)(F)F. The van der Waals surface area contributed by atoms with Gasteiger partial charge < -0.3 is 9.47 Å². The maximum Gasteiger partial charge on any atom is 0.573 e. The van der Waals surface area contributed by atoms with Gasteiger partial charge in [0.25, 0.3) is 6.43 Å². The van der Waals surface area contributed by atoms with Crippen LogP contribution in [0.25, 0.3) is 0 Å². The van der Waals surface area contributed by atoms with Gasteiger partial charge in [-0.2, -0.15) is 0 Å². The predicted octanol–water partition coefficient (Wildman–Crippen LogP) is 3.37. The second kappa shape index (κ2) is 6.88. The van der Waals surface area contributed by atoms with E-state index in [0.29, 0.717) is 0 Å². The molecule has 0 aliphatic rings. The Hall–Kier alpha value is -1.64. The van der Waals surface area contributed by atoms with Crippen molar-refractivity contribution in [2.24, 2.45) is 0 Å². The molecule has 1 aromatic heterocycles. The van der Waals surface area contributed by atoms with Crippen molar-refractivity contribution >= 4 is 17.6 Å². The highest BCUT2D eigenvalue weighted by molar-refractivity contribution is 6.17. The number of rotatable bonds is 5. The highest BCUT2D eigenvalue weighted by Crippen LogP contribution is 2.38. The van der Waals surface area contributed by atoms with Gasteiger partial charge in [0.2, 0.25) is 0 Å². The average Bonchev–Trinajstić information content (AvgIpc) is 2.37. The third-order valence-electron chi connectivity index (χ3n) is 2.35. The molecule has 0 radical (unpaired) electrons. The summed E-state index contributed by atoms with van der Waals surface area (Å²) < 4.78 is 71.0. The third-order valence-corrected chi connectivity index (χ3v) is 2.60. The van der Waals surface area contributed by atoms with Gasteiger partial charge in [-0.05, 0) is 0 Å².